The van der Waals surface area contributed by atoms with Crippen LogP contribution < -0.4 is 5.32 Å². The number of urea groups is 1. The molecule has 1 spiro atoms. The number of carbonyl (C=O) groups excluding carboxylic acids is 3. The zero-order chi connectivity index (χ0) is 22.2. The van der Waals surface area contributed by atoms with Gasteiger partial charge in [0.1, 0.15) is 5.54 Å². The molecular weight excluding hydrogens is 390 g/mol. The molecule has 2 atom stereocenters. The monoisotopic (exact) mass is 421 g/mol. The number of ketones is 1. The van der Waals surface area contributed by atoms with Crippen LogP contribution in [-0.4, -0.2) is 39.3 Å². The summed E-state index contributed by atoms with van der Waals surface area (Å²) in [6, 6.07) is 11.7. The van der Waals surface area contributed by atoms with E-state index in [1.807, 2.05) is 45.0 Å². The summed E-state index contributed by atoms with van der Waals surface area (Å²) < 4.78 is 2.14. The maximum atomic E-state index is 13.2. The number of aromatic nitrogens is 1. The van der Waals surface area contributed by atoms with Crippen molar-refractivity contribution in [1.29, 1.82) is 0 Å². The van der Waals surface area contributed by atoms with Crippen molar-refractivity contribution < 1.29 is 14.4 Å². The third-order valence-corrected chi connectivity index (χ3v) is 7.14. The number of hydrogen-bond acceptors (Lipinski definition) is 3. The SMILES string of the molecule is Cc1cc(C(=O)CN2C(=O)N[C@@]3(CCCC[C@H]3C)C2=O)c(C)n1CCc1ccccc1. The number of nitrogens with one attached hydrogen (secondary N) is 1. The number of amides is 3. The van der Waals surface area contributed by atoms with Gasteiger partial charge in [0.05, 0.1) is 6.54 Å². The molecule has 2 aliphatic rings. The van der Waals surface area contributed by atoms with Gasteiger partial charge in [-0.15, -0.1) is 0 Å². The van der Waals surface area contributed by atoms with E-state index in [1.165, 1.54) is 5.56 Å². The Bertz CT molecular complexity index is 1010. The van der Waals surface area contributed by atoms with Gasteiger partial charge >= 0.3 is 6.03 Å². The van der Waals surface area contributed by atoms with Crippen LogP contribution in [0.4, 0.5) is 4.79 Å². The summed E-state index contributed by atoms with van der Waals surface area (Å²) in [5.74, 6) is -0.347. The molecule has 0 radical (unpaired) electrons. The molecule has 4 rings (SSSR count). The summed E-state index contributed by atoms with van der Waals surface area (Å²) in [6.07, 6.45) is 4.42. The Labute approximate surface area is 183 Å². The number of hydrogen-bond donors (Lipinski definition) is 1. The third-order valence-electron chi connectivity index (χ3n) is 7.14. The van der Waals surface area contributed by atoms with Crippen LogP contribution in [0.25, 0.3) is 0 Å². The van der Waals surface area contributed by atoms with E-state index in [4.69, 9.17) is 0 Å². The fraction of sp³-hybridized carbons (Fsp3) is 0.480. The summed E-state index contributed by atoms with van der Waals surface area (Å²) in [5.41, 5.74) is 2.89. The number of rotatable bonds is 6. The predicted octanol–water partition coefficient (Wildman–Crippen LogP) is 4.03. The summed E-state index contributed by atoms with van der Waals surface area (Å²) in [6.45, 7) is 6.51. The minimum absolute atomic E-state index is 0.0841. The topological polar surface area (TPSA) is 71.4 Å². The first-order valence-corrected chi connectivity index (χ1v) is 11.2. The lowest BCUT2D eigenvalue weighted by molar-refractivity contribution is -0.133. The molecule has 6 heteroatoms. The predicted molar refractivity (Wildman–Crippen MR) is 119 cm³/mol. The lowest BCUT2D eigenvalue weighted by atomic mass is 9.73. The van der Waals surface area contributed by atoms with Crippen molar-refractivity contribution in [2.75, 3.05) is 6.54 Å². The first-order chi connectivity index (χ1) is 14.8. The van der Waals surface area contributed by atoms with E-state index >= 15 is 0 Å². The average molecular weight is 422 g/mol. The van der Waals surface area contributed by atoms with Gasteiger partial charge in [0.2, 0.25) is 0 Å². The molecule has 1 saturated heterocycles. The molecule has 2 fully saturated rings. The van der Waals surface area contributed by atoms with Crippen LogP contribution >= 0.6 is 0 Å². The second-order valence-corrected chi connectivity index (χ2v) is 9.03. The van der Waals surface area contributed by atoms with Gasteiger partial charge in [-0.05, 0) is 50.7 Å². The Morgan fingerprint density at radius 2 is 1.90 bits per heavy atom. The number of Topliss-reactive ketones (excluding diaryl/α,β-unsaturated/α-hetero) is 1. The van der Waals surface area contributed by atoms with Crippen molar-refractivity contribution in [2.24, 2.45) is 5.92 Å². The van der Waals surface area contributed by atoms with Gasteiger partial charge in [0.15, 0.2) is 5.78 Å². The summed E-state index contributed by atoms with van der Waals surface area (Å²) in [5, 5.41) is 2.93. The minimum atomic E-state index is -0.831. The largest absolute Gasteiger partial charge is 0.348 e. The molecule has 31 heavy (non-hydrogen) atoms. The van der Waals surface area contributed by atoms with Crippen molar-refractivity contribution >= 4 is 17.7 Å². The highest BCUT2D eigenvalue weighted by molar-refractivity contribution is 6.11. The average Bonchev–Trinajstić information content (AvgIpc) is 3.17. The van der Waals surface area contributed by atoms with Crippen molar-refractivity contribution in [3.63, 3.8) is 0 Å². The number of benzene rings is 1. The van der Waals surface area contributed by atoms with E-state index in [1.54, 1.807) is 0 Å². The molecule has 2 aromatic rings. The highest BCUT2D eigenvalue weighted by atomic mass is 16.2. The highest BCUT2D eigenvalue weighted by Gasteiger charge is 2.55. The quantitative estimate of drug-likeness (QED) is 0.565. The molecule has 0 bridgehead atoms. The summed E-state index contributed by atoms with van der Waals surface area (Å²) >= 11 is 0. The van der Waals surface area contributed by atoms with E-state index in [9.17, 15) is 14.4 Å². The molecule has 1 saturated carbocycles. The Balaban J connectivity index is 1.49. The van der Waals surface area contributed by atoms with Gasteiger partial charge in [-0.1, -0.05) is 50.1 Å². The van der Waals surface area contributed by atoms with Crippen molar-refractivity contribution in [1.82, 2.24) is 14.8 Å². The Morgan fingerprint density at radius 1 is 1.16 bits per heavy atom. The molecule has 0 unspecified atom stereocenters. The number of carbonyl (C=O) groups is 3. The van der Waals surface area contributed by atoms with E-state index in [0.29, 0.717) is 12.0 Å². The lowest BCUT2D eigenvalue weighted by Crippen LogP contribution is -2.54. The van der Waals surface area contributed by atoms with Crippen LogP contribution in [0, 0.1) is 19.8 Å². The van der Waals surface area contributed by atoms with Gasteiger partial charge in [0.25, 0.3) is 5.91 Å². The van der Waals surface area contributed by atoms with Crippen LogP contribution in [0.1, 0.15) is 59.9 Å². The maximum Gasteiger partial charge on any atom is 0.325 e. The Morgan fingerprint density at radius 3 is 2.61 bits per heavy atom. The molecule has 164 valence electrons. The first-order valence-electron chi connectivity index (χ1n) is 11.2. The standard InChI is InChI=1S/C25H31N3O3/c1-17-9-7-8-13-25(17)23(30)28(24(31)26-25)16-22(29)21-15-18(2)27(19(21)3)14-12-20-10-5-4-6-11-20/h4-6,10-11,15,17H,7-9,12-14,16H2,1-3H3,(H,26,31)/t17-,25-/m1/s1. The van der Waals surface area contributed by atoms with Gasteiger partial charge in [-0.3, -0.25) is 14.5 Å². The van der Waals surface area contributed by atoms with Crippen LogP contribution in [0.15, 0.2) is 36.4 Å². The number of nitrogens with zero attached hydrogens (tertiary/aromatic N) is 2. The summed E-state index contributed by atoms with van der Waals surface area (Å²) in [7, 11) is 0. The molecule has 1 aliphatic heterocycles. The van der Waals surface area contributed by atoms with Crippen LogP contribution in [-0.2, 0) is 17.8 Å². The fourth-order valence-corrected chi connectivity index (χ4v) is 5.18. The Kier molecular flexibility index (Phi) is 5.73. The molecule has 1 aromatic heterocycles. The second kappa shape index (κ2) is 8.33. The van der Waals surface area contributed by atoms with Gasteiger partial charge in [-0.2, -0.15) is 0 Å². The zero-order valence-electron chi connectivity index (χ0n) is 18.6. The number of aryl methyl sites for hydroxylation is 2. The second-order valence-electron chi connectivity index (χ2n) is 9.03. The maximum absolute atomic E-state index is 13.2. The van der Waals surface area contributed by atoms with E-state index in [2.05, 4.69) is 22.0 Å². The van der Waals surface area contributed by atoms with Crippen LogP contribution in [0.3, 0.4) is 0 Å². The van der Waals surface area contributed by atoms with E-state index < -0.39 is 11.6 Å². The minimum Gasteiger partial charge on any atom is -0.348 e. The van der Waals surface area contributed by atoms with Crippen molar-refractivity contribution in [2.45, 2.75) is 65.0 Å². The molecule has 1 aromatic carbocycles. The van der Waals surface area contributed by atoms with Gasteiger partial charge < -0.3 is 9.88 Å². The lowest BCUT2D eigenvalue weighted by Gasteiger charge is -2.36. The Hall–Kier alpha value is -2.89. The van der Waals surface area contributed by atoms with Crippen LogP contribution in [0.5, 0.6) is 0 Å². The van der Waals surface area contributed by atoms with E-state index in [0.717, 1.165) is 48.5 Å². The summed E-state index contributed by atoms with van der Waals surface area (Å²) in [4.78, 5) is 40.0. The molecule has 3 amide bonds. The van der Waals surface area contributed by atoms with Crippen molar-refractivity contribution in [3.8, 4) is 0 Å². The smallest absolute Gasteiger partial charge is 0.325 e. The van der Waals surface area contributed by atoms with Gasteiger partial charge in [-0.25, -0.2) is 4.79 Å². The molecular formula is C25H31N3O3. The zero-order valence-corrected chi connectivity index (χ0v) is 18.6. The normalized spacial score (nSPS) is 23.5. The number of imide groups is 1. The molecule has 1 aliphatic carbocycles. The third kappa shape index (κ3) is 3.80. The highest BCUT2D eigenvalue weighted by Crippen LogP contribution is 2.38. The van der Waals surface area contributed by atoms with Crippen LogP contribution in [0.2, 0.25) is 0 Å². The van der Waals surface area contributed by atoms with E-state index in [-0.39, 0.29) is 24.2 Å². The first kappa shape index (κ1) is 21.3. The molecule has 2 heterocycles. The van der Waals surface area contributed by atoms with Crippen molar-refractivity contribution in [3.05, 3.63) is 58.9 Å². The van der Waals surface area contributed by atoms with Gasteiger partial charge in [0, 0.05) is 23.5 Å². The molecule has 6 nitrogen and oxygen atoms in total. The molecule has 1 N–H and O–H groups in total. The fourth-order valence-electron chi connectivity index (χ4n) is 5.18.